The maximum atomic E-state index is 12.7. The Balaban J connectivity index is 1.95. The number of hydrogen-bond donors (Lipinski definition) is 1. The number of nitrogens with one attached hydrogen (secondary N) is 1. The highest BCUT2D eigenvalue weighted by molar-refractivity contribution is 6.12. The van der Waals surface area contributed by atoms with Crippen molar-refractivity contribution >= 4 is 22.5 Å². The smallest absolute Gasteiger partial charge is 0.256 e. The van der Waals surface area contributed by atoms with Gasteiger partial charge < -0.3 is 14.8 Å². The Morgan fingerprint density at radius 1 is 1.12 bits per heavy atom. The molecule has 0 aliphatic carbocycles. The summed E-state index contributed by atoms with van der Waals surface area (Å²) < 4.78 is 10.6. The lowest BCUT2D eigenvalue weighted by Gasteiger charge is -2.11. The molecule has 3 rings (SSSR count). The molecule has 1 amide bonds. The van der Waals surface area contributed by atoms with Gasteiger partial charge in [0.2, 0.25) is 5.88 Å². The minimum absolute atomic E-state index is 0.209. The third-order valence-corrected chi connectivity index (χ3v) is 3.58. The Labute approximate surface area is 140 Å². The molecule has 1 heterocycles. The van der Waals surface area contributed by atoms with Crippen LogP contribution >= 0.6 is 0 Å². The van der Waals surface area contributed by atoms with E-state index in [0.717, 1.165) is 16.7 Å². The highest BCUT2D eigenvalue weighted by atomic mass is 16.5. The summed E-state index contributed by atoms with van der Waals surface area (Å²) in [6.07, 6.45) is 0. The van der Waals surface area contributed by atoms with Crippen LogP contribution in [0.5, 0.6) is 11.6 Å². The molecule has 1 N–H and O–H groups in total. The van der Waals surface area contributed by atoms with Crippen molar-refractivity contribution in [3.05, 3.63) is 60.2 Å². The molecular weight excluding hydrogens is 304 g/mol. The second-order valence-corrected chi connectivity index (χ2v) is 5.14. The quantitative estimate of drug-likeness (QED) is 0.774. The number of carbonyl (C=O) groups excluding carboxylic acids is 1. The lowest BCUT2D eigenvalue weighted by Crippen LogP contribution is -2.13. The zero-order valence-corrected chi connectivity index (χ0v) is 13.6. The van der Waals surface area contributed by atoms with E-state index in [9.17, 15) is 4.79 Å². The van der Waals surface area contributed by atoms with Gasteiger partial charge in [-0.15, -0.1) is 0 Å². The van der Waals surface area contributed by atoms with Gasteiger partial charge in [0.05, 0.1) is 24.8 Å². The zero-order chi connectivity index (χ0) is 16.9. The van der Waals surface area contributed by atoms with Crippen molar-refractivity contribution in [3.8, 4) is 11.6 Å². The second kappa shape index (κ2) is 7.00. The second-order valence-electron chi connectivity index (χ2n) is 5.14. The van der Waals surface area contributed by atoms with E-state index in [1.807, 2.05) is 31.2 Å². The molecule has 5 nitrogen and oxygen atoms in total. The van der Waals surface area contributed by atoms with Crippen LogP contribution in [0, 0.1) is 0 Å². The van der Waals surface area contributed by atoms with Crippen LogP contribution in [-0.2, 0) is 0 Å². The molecule has 5 heteroatoms. The predicted molar refractivity (Wildman–Crippen MR) is 93.9 cm³/mol. The van der Waals surface area contributed by atoms with Gasteiger partial charge in [0, 0.05) is 17.1 Å². The van der Waals surface area contributed by atoms with Crippen LogP contribution in [0.4, 0.5) is 5.69 Å². The Morgan fingerprint density at radius 2 is 1.88 bits per heavy atom. The van der Waals surface area contributed by atoms with Gasteiger partial charge in [0.15, 0.2) is 0 Å². The number of pyridine rings is 1. The molecule has 0 saturated heterocycles. The molecule has 0 atom stereocenters. The van der Waals surface area contributed by atoms with Crippen molar-refractivity contribution in [2.75, 3.05) is 19.0 Å². The van der Waals surface area contributed by atoms with E-state index >= 15 is 0 Å². The minimum Gasteiger partial charge on any atom is -0.497 e. The van der Waals surface area contributed by atoms with Crippen molar-refractivity contribution in [1.29, 1.82) is 0 Å². The summed E-state index contributed by atoms with van der Waals surface area (Å²) >= 11 is 0. The van der Waals surface area contributed by atoms with Crippen molar-refractivity contribution in [3.63, 3.8) is 0 Å². The van der Waals surface area contributed by atoms with Crippen molar-refractivity contribution in [2.24, 2.45) is 0 Å². The van der Waals surface area contributed by atoms with Gasteiger partial charge >= 0.3 is 0 Å². The van der Waals surface area contributed by atoms with Crippen LogP contribution in [0.3, 0.4) is 0 Å². The molecule has 2 aromatic carbocycles. The number of carbonyl (C=O) groups is 1. The minimum atomic E-state index is -0.209. The van der Waals surface area contributed by atoms with Gasteiger partial charge in [0.1, 0.15) is 5.75 Å². The highest BCUT2D eigenvalue weighted by Crippen LogP contribution is 2.23. The van der Waals surface area contributed by atoms with Gasteiger partial charge in [0.25, 0.3) is 5.91 Å². The SMILES string of the molecule is CCOc1cc(C(=O)Nc2ccc(OC)cc2)c2ccccc2n1. The van der Waals surface area contributed by atoms with Crippen molar-refractivity contribution in [1.82, 2.24) is 4.98 Å². The molecule has 0 radical (unpaired) electrons. The van der Waals surface area contributed by atoms with Crippen LogP contribution < -0.4 is 14.8 Å². The standard InChI is InChI=1S/C19H18N2O3/c1-3-24-18-12-16(15-6-4-5-7-17(15)21-18)19(22)20-13-8-10-14(23-2)11-9-13/h4-12H,3H2,1-2H3,(H,20,22). The lowest BCUT2D eigenvalue weighted by atomic mass is 10.1. The molecule has 0 saturated carbocycles. The summed E-state index contributed by atoms with van der Waals surface area (Å²) in [6, 6.07) is 16.4. The van der Waals surface area contributed by atoms with Crippen molar-refractivity contribution < 1.29 is 14.3 Å². The monoisotopic (exact) mass is 322 g/mol. The van der Waals surface area contributed by atoms with Gasteiger partial charge in [-0.2, -0.15) is 0 Å². The van der Waals surface area contributed by atoms with E-state index in [2.05, 4.69) is 10.3 Å². The number of aromatic nitrogens is 1. The lowest BCUT2D eigenvalue weighted by molar-refractivity contribution is 0.102. The maximum Gasteiger partial charge on any atom is 0.256 e. The summed E-state index contributed by atoms with van der Waals surface area (Å²) in [4.78, 5) is 17.1. The molecule has 0 fully saturated rings. The Kier molecular flexibility index (Phi) is 4.61. The fourth-order valence-corrected chi connectivity index (χ4v) is 2.43. The Bertz CT molecular complexity index is 860. The molecule has 0 bridgehead atoms. The van der Waals surface area contributed by atoms with E-state index < -0.39 is 0 Å². The molecule has 3 aromatic rings. The number of anilines is 1. The van der Waals surface area contributed by atoms with E-state index in [0.29, 0.717) is 23.7 Å². The van der Waals surface area contributed by atoms with Gasteiger partial charge in [-0.05, 0) is 37.3 Å². The third kappa shape index (κ3) is 3.30. The van der Waals surface area contributed by atoms with E-state index in [1.54, 1.807) is 37.4 Å². The molecule has 122 valence electrons. The maximum absolute atomic E-state index is 12.7. The number of benzene rings is 2. The van der Waals surface area contributed by atoms with E-state index in [4.69, 9.17) is 9.47 Å². The number of para-hydroxylation sites is 1. The van der Waals surface area contributed by atoms with Crippen molar-refractivity contribution in [2.45, 2.75) is 6.92 Å². The van der Waals surface area contributed by atoms with Crippen LogP contribution in [0.2, 0.25) is 0 Å². The molecule has 0 aliphatic heterocycles. The first-order valence-electron chi connectivity index (χ1n) is 7.69. The Hall–Kier alpha value is -3.08. The summed E-state index contributed by atoms with van der Waals surface area (Å²) in [5.41, 5.74) is 1.95. The molecule has 1 aromatic heterocycles. The number of fused-ring (bicyclic) bond motifs is 1. The normalized spacial score (nSPS) is 10.4. The van der Waals surface area contributed by atoms with Crippen LogP contribution in [0.1, 0.15) is 17.3 Å². The molecule has 24 heavy (non-hydrogen) atoms. The first kappa shape index (κ1) is 15.8. The van der Waals surface area contributed by atoms with Gasteiger partial charge in [-0.1, -0.05) is 18.2 Å². The first-order chi connectivity index (χ1) is 11.7. The average Bonchev–Trinajstić information content (AvgIpc) is 2.62. The van der Waals surface area contributed by atoms with E-state index in [-0.39, 0.29) is 5.91 Å². The number of nitrogens with zero attached hydrogens (tertiary/aromatic N) is 1. The zero-order valence-electron chi connectivity index (χ0n) is 13.6. The van der Waals surface area contributed by atoms with E-state index in [1.165, 1.54) is 0 Å². The predicted octanol–water partition coefficient (Wildman–Crippen LogP) is 3.89. The molecule has 0 aliphatic rings. The third-order valence-electron chi connectivity index (χ3n) is 3.58. The fraction of sp³-hybridized carbons (Fsp3) is 0.158. The number of hydrogen-bond acceptors (Lipinski definition) is 4. The largest absolute Gasteiger partial charge is 0.497 e. The van der Waals surface area contributed by atoms with Crippen LogP contribution in [0.15, 0.2) is 54.6 Å². The molecule has 0 spiro atoms. The number of rotatable bonds is 5. The molecule has 0 unspecified atom stereocenters. The number of amides is 1. The summed E-state index contributed by atoms with van der Waals surface area (Å²) in [5.74, 6) is 0.969. The molecular formula is C19H18N2O3. The highest BCUT2D eigenvalue weighted by Gasteiger charge is 2.14. The van der Waals surface area contributed by atoms with Crippen LogP contribution in [-0.4, -0.2) is 24.6 Å². The topological polar surface area (TPSA) is 60.5 Å². The average molecular weight is 322 g/mol. The Morgan fingerprint density at radius 3 is 2.58 bits per heavy atom. The first-order valence-corrected chi connectivity index (χ1v) is 7.69. The summed E-state index contributed by atoms with van der Waals surface area (Å²) in [5, 5.41) is 3.68. The summed E-state index contributed by atoms with van der Waals surface area (Å²) in [7, 11) is 1.60. The van der Waals surface area contributed by atoms with Crippen LogP contribution in [0.25, 0.3) is 10.9 Å². The van der Waals surface area contributed by atoms with Gasteiger partial charge in [-0.3, -0.25) is 4.79 Å². The fourth-order valence-electron chi connectivity index (χ4n) is 2.43. The number of ether oxygens (including phenoxy) is 2. The number of methoxy groups -OCH3 is 1. The summed E-state index contributed by atoms with van der Waals surface area (Å²) in [6.45, 7) is 2.37. The van der Waals surface area contributed by atoms with Gasteiger partial charge in [-0.25, -0.2) is 4.98 Å².